The summed E-state index contributed by atoms with van der Waals surface area (Å²) in [6, 6.07) is 74.6. The number of amides is 2. The number of aromatic hydroxyl groups is 3. The summed E-state index contributed by atoms with van der Waals surface area (Å²) in [5.74, 6) is -1.28. The first-order valence-electron chi connectivity index (χ1n) is 28.0. The minimum absolute atomic E-state index is 0.0440. The fraction of sp³-hybridized carbons (Fsp3) is 0.0282. The molecule has 0 heterocycles. The van der Waals surface area contributed by atoms with Gasteiger partial charge in [0.1, 0.15) is 35.2 Å². The number of nitrogens with one attached hydrogen (secondary N) is 3. The standard InChI is InChI=1S/C71H53N11O7/c1-45-20-24-52(25-21-45)73-70(86)49-22-38-62-48(40-49)23-39-64(83)65(62)78-75-53-26-32-57(33-27-53)82(59-36-30-55(31-37-59)77-80-67-61-19-11-9-13-47(61)42-63(69(67)85)71(87)74-51-14-4-2-5-15-51)58-34-28-54(29-35-58)76-79-66-60-18-10-8-12-46(60)41-50(68(66)84)43-88-72-44-89-81-56-16-6-3-7-17-56/h2-42,44,81,83-85H,43H2,1H3,(H,73,86)(H,74,87)/b72-44-,78-75?,79-76?,80-77?. The number of para-hydroxylation sites is 2. The fourth-order valence-electron chi connectivity index (χ4n) is 9.82. The Balaban J connectivity index is 0.823. The molecule has 6 N–H and O–H groups in total. The zero-order valence-corrected chi connectivity index (χ0v) is 47.5. The van der Waals surface area contributed by atoms with Gasteiger partial charge in [-0.3, -0.25) is 9.59 Å². The number of azo groups is 3. The molecule has 18 nitrogen and oxygen atoms in total. The highest BCUT2D eigenvalue weighted by molar-refractivity contribution is 6.12. The van der Waals surface area contributed by atoms with Gasteiger partial charge in [0.15, 0.2) is 5.75 Å². The Morgan fingerprint density at radius 3 is 1.53 bits per heavy atom. The number of phenols is 3. The summed E-state index contributed by atoms with van der Waals surface area (Å²) in [5, 5.41) is 75.2. The molecule has 0 saturated heterocycles. The highest BCUT2D eigenvalue weighted by Crippen LogP contribution is 2.44. The number of fused-ring (bicyclic) bond motifs is 3. The van der Waals surface area contributed by atoms with Gasteiger partial charge in [0.2, 0.25) is 6.40 Å². The monoisotopic (exact) mass is 1170 g/mol. The van der Waals surface area contributed by atoms with E-state index in [1.807, 2.05) is 170 Å². The number of benzene rings is 12. The fourth-order valence-corrected chi connectivity index (χ4v) is 9.82. The summed E-state index contributed by atoms with van der Waals surface area (Å²) < 4.78 is 0. The van der Waals surface area contributed by atoms with Crippen LogP contribution in [0.25, 0.3) is 32.3 Å². The quantitative estimate of drug-likeness (QED) is 0.0195. The van der Waals surface area contributed by atoms with Gasteiger partial charge in [-0.2, -0.15) is 15.3 Å². The van der Waals surface area contributed by atoms with Crippen LogP contribution in [0.15, 0.2) is 285 Å². The van der Waals surface area contributed by atoms with Crippen LogP contribution in [0.3, 0.4) is 0 Å². The highest BCUT2D eigenvalue weighted by atomic mass is 16.7. The molecule has 434 valence electrons. The first-order chi connectivity index (χ1) is 43.6. The van der Waals surface area contributed by atoms with E-state index in [4.69, 9.17) is 9.68 Å². The molecule has 12 aromatic carbocycles. The van der Waals surface area contributed by atoms with Crippen LogP contribution in [0.4, 0.5) is 68.2 Å². The van der Waals surface area contributed by atoms with E-state index in [1.54, 1.807) is 84.9 Å². The van der Waals surface area contributed by atoms with E-state index in [9.17, 15) is 24.9 Å². The van der Waals surface area contributed by atoms with E-state index in [2.05, 4.69) is 52.0 Å². The molecule has 0 fully saturated rings. The van der Waals surface area contributed by atoms with Gasteiger partial charge in [-0.25, -0.2) is 5.48 Å². The molecule has 18 heteroatoms. The second-order valence-corrected chi connectivity index (χ2v) is 20.4. The van der Waals surface area contributed by atoms with Crippen LogP contribution in [-0.2, 0) is 16.3 Å². The van der Waals surface area contributed by atoms with Crippen LogP contribution < -0.4 is 21.0 Å². The smallest absolute Gasteiger partial charge is 0.259 e. The van der Waals surface area contributed by atoms with E-state index >= 15 is 0 Å². The van der Waals surface area contributed by atoms with Crippen LogP contribution in [0.2, 0.25) is 0 Å². The van der Waals surface area contributed by atoms with E-state index < -0.39 is 5.91 Å². The molecule has 89 heavy (non-hydrogen) atoms. The number of carbonyl (C=O) groups excluding carboxylic acids is 2. The highest BCUT2D eigenvalue weighted by Gasteiger charge is 2.20. The second kappa shape index (κ2) is 26.1. The maximum atomic E-state index is 13.5. The predicted octanol–water partition coefficient (Wildman–Crippen LogP) is 19.3. The van der Waals surface area contributed by atoms with Gasteiger partial charge in [-0.1, -0.05) is 120 Å². The van der Waals surface area contributed by atoms with Gasteiger partial charge >= 0.3 is 0 Å². The van der Waals surface area contributed by atoms with E-state index in [-0.39, 0.29) is 52.4 Å². The normalized spacial score (nSPS) is 11.5. The summed E-state index contributed by atoms with van der Waals surface area (Å²) >= 11 is 0. The third kappa shape index (κ3) is 13.2. The van der Waals surface area contributed by atoms with Crippen molar-refractivity contribution in [2.24, 2.45) is 35.8 Å². The number of rotatable bonds is 19. The molecule has 0 saturated carbocycles. The Bertz CT molecular complexity index is 4680. The van der Waals surface area contributed by atoms with Gasteiger partial charge < -0.3 is 40.5 Å². The Kier molecular flexibility index (Phi) is 16.7. The minimum Gasteiger partial charge on any atom is -0.506 e. The minimum atomic E-state index is -0.500. The maximum absolute atomic E-state index is 13.5. The molecule has 12 rings (SSSR count). The largest absolute Gasteiger partial charge is 0.506 e. The van der Waals surface area contributed by atoms with Crippen molar-refractivity contribution in [1.82, 2.24) is 0 Å². The van der Waals surface area contributed by atoms with Crippen LogP contribution in [-0.4, -0.2) is 33.5 Å². The number of phenolic OH excluding ortho intramolecular Hbond substituents is 3. The SMILES string of the molecule is Cc1ccc(NC(=O)c2ccc3c(N=Nc4ccc(N(c5ccc(N=Nc6c(O)c(CO/N=C\ONc7ccccc7)cc7ccccc67)cc5)c5ccc(N=Nc6c(O)c(C(=O)Nc7ccccc7)cc7ccccc67)cc5)cc4)c(O)ccc3c2)cc1. The van der Waals surface area contributed by atoms with Crippen molar-refractivity contribution < 1.29 is 34.6 Å². The predicted molar refractivity (Wildman–Crippen MR) is 348 cm³/mol. The van der Waals surface area contributed by atoms with Gasteiger partial charge in [-0.15, -0.1) is 15.3 Å². The number of carbonyl (C=O) groups is 2. The summed E-state index contributed by atoms with van der Waals surface area (Å²) in [6.45, 7) is 1.90. The molecule has 0 atom stereocenters. The molecule has 2 amide bonds. The molecule has 0 unspecified atom stereocenters. The lowest BCUT2D eigenvalue weighted by Gasteiger charge is -2.25. The molecule has 0 radical (unpaired) electrons. The van der Waals surface area contributed by atoms with Crippen LogP contribution >= 0.6 is 0 Å². The Labute approximate surface area is 509 Å². The van der Waals surface area contributed by atoms with Crippen LogP contribution in [0.1, 0.15) is 31.8 Å². The van der Waals surface area contributed by atoms with E-state index in [0.717, 1.165) is 40.1 Å². The molecular weight excluding hydrogens is 1120 g/mol. The van der Waals surface area contributed by atoms with Crippen LogP contribution in [0.5, 0.6) is 17.2 Å². The summed E-state index contributed by atoms with van der Waals surface area (Å²) in [5.41, 5.74) is 11.0. The third-order valence-corrected chi connectivity index (χ3v) is 14.3. The van der Waals surface area contributed by atoms with E-state index in [1.165, 1.54) is 6.07 Å². The van der Waals surface area contributed by atoms with Gasteiger partial charge in [0, 0.05) is 55.7 Å². The molecule has 0 bridgehead atoms. The number of hydrogen-bond donors (Lipinski definition) is 6. The van der Waals surface area contributed by atoms with Gasteiger partial charge in [-0.05, 0) is 163 Å². The number of oxime groups is 1. The van der Waals surface area contributed by atoms with E-state index in [0.29, 0.717) is 66.5 Å². The van der Waals surface area contributed by atoms with Crippen molar-refractivity contribution in [3.8, 4) is 17.2 Å². The molecule has 12 aromatic rings. The molecule has 0 aliphatic rings. The first kappa shape index (κ1) is 56.9. The Morgan fingerprint density at radius 1 is 0.449 bits per heavy atom. The maximum Gasteiger partial charge on any atom is 0.259 e. The lowest BCUT2D eigenvalue weighted by Crippen LogP contribution is -2.12. The average molecular weight is 1170 g/mol. The van der Waals surface area contributed by atoms with Crippen molar-refractivity contribution in [2.75, 3.05) is 21.0 Å². The molecule has 0 aliphatic carbocycles. The number of hydrogen-bond acceptors (Lipinski definition) is 16. The lowest BCUT2D eigenvalue weighted by molar-refractivity contribution is 0.101. The zero-order chi connectivity index (χ0) is 61.1. The third-order valence-electron chi connectivity index (χ3n) is 14.3. The number of nitrogens with zero attached hydrogens (tertiary/aromatic N) is 8. The summed E-state index contributed by atoms with van der Waals surface area (Å²) in [7, 11) is 0. The molecule has 0 spiro atoms. The van der Waals surface area contributed by atoms with Crippen LogP contribution in [0, 0.1) is 6.92 Å². The van der Waals surface area contributed by atoms with Crippen molar-refractivity contribution in [3.05, 3.63) is 271 Å². The second-order valence-electron chi connectivity index (χ2n) is 20.4. The first-order valence-corrected chi connectivity index (χ1v) is 28.0. The number of anilines is 6. The van der Waals surface area contributed by atoms with Gasteiger partial charge in [0.25, 0.3) is 11.8 Å². The average Bonchev–Trinajstić information content (AvgIpc) is 2.91. The topological polar surface area (TPSA) is 239 Å². The van der Waals surface area contributed by atoms with Crippen molar-refractivity contribution in [2.45, 2.75) is 13.5 Å². The molecule has 0 aliphatic heterocycles. The lowest BCUT2D eigenvalue weighted by atomic mass is 10.0. The van der Waals surface area contributed by atoms with Crippen molar-refractivity contribution in [1.29, 1.82) is 0 Å². The molecule has 0 aromatic heterocycles. The molecular formula is C71H53N11O7. The zero-order valence-electron chi connectivity index (χ0n) is 47.5. The Hall–Kier alpha value is -12.6. The summed E-state index contributed by atoms with van der Waals surface area (Å²) in [6.07, 6.45) is 1.11. The Morgan fingerprint density at radius 2 is 0.933 bits per heavy atom. The summed E-state index contributed by atoms with van der Waals surface area (Å²) in [4.78, 5) is 39.5. The van der Waals surface area contributed by atoms with Crippen molar-refractivity contribution in [3.63, 3.8) is 0 Å². The number of aryl methyl sites for hydroxylation is 1. The van der Waals surface area contributed by atoms with Crippen molar-refractivity contribution >= 4 is 119 Å². The van der Waals surface area contributed by atoms with Gasteiger partial charge in [0.05, 0.1) is 28.3 Å².